The van der Waals surface area contributed by atoms with E-state index in [1.807, 2.05) is 0 Å². The molecule has 0 unspecified atom stereocenters. The SMILES string of the molecule is O=C(CCl)Nc1ccc(NC(=O)C2CC2)cc1. The van der Waals surface area contributed by atoms with Gasteiger partial charge in [0.15, 0.2) is 0 Å². The minimum Gasteiger partial charge on any atom is -0.326 e. The summed E-state index contributed by atoms with van der Waals surface area (Å²) in [5.74, 6) is -0.0604. The van der Waals surface area contributed by atoms with Gasteiger partial charge in [-0.1, -0.05) is 0 Å². The second kappa shape index (κ2) is 5.19. The molecular formula is C12H13ClN2O2. The van der Waals surface area contributed by atoms with Crippen LogP contribution in [0.25, 0.3) is 0 Å². The van der Waals surface area contributed by atoms with Crippen LogP contribution >= 0.6 is 11.6 Å². The zero-order valence-electron chi connectivity index (χ0n) is 9.20. The molecule has 1 aromatic carbocycles. The average Bonchev–Trinajstić information content (AvgIpc) is 3.15. The molecule has 0 saturated heterocycles. The fraction of sp³-hybridized carbons (Fsp3) is 0.333. The van der Waals surface area contributed by atoms with E-state index in [1.54, 1.807) is 24.3 Å². The molecule has 1 saturated carbocycles. The number of halogens is 1. The molecule has 1 aliphatic rings. The van der Waals surface area contributed by atoms with Gasteiger partial charge in [-0.3, -0.25) is 9.59 Å². The van der Waals surface area contributed by atoms with Crippen LogP contribution in [0.15, 0.2) is 24.3 Å². The Morgan fingerprint density at radius 1 is 1.12 bits per heavy atom. The number of anilines is 2. The molecule has 1 fully saturated rings. The number of carbonyl (C=O) groups is 2. The molecule has 2 N–H and O–H groups in total. The van der Waals surface area contributed by atoms with Crippen molar-refractivity contribution < 1.29 is 9.59 Å². The first-order valence-corrected chi connectivity index (χ1v) is 5.99. The Labute approximate surface area is 104 Å². The molecule has 0 bridgehead atoms. The molecule has 4 nitrogen and oxygen atoms in total. The lowest BCUT2D eigenvalue weighted by molar-refractivity contribution is -0.117. The highest BCUT2D eigenvalue weighted by atomic mass is 35.5. The number of amides is 2. The van der Waals surface area contributed by atoms with E-state index in [2.05, 4.69) is 10.6 Å². The number of alkyl halides is 1. The predicted octanol–water partition coefficient (Wildman–Crippen LogP) is 2.21. The summed E-state index contributed by atoms with van der Waals surface area (Å²) >= 11 is 5.37. The molecule has 2 amide bonds. The quantitative estimate of drug-likeness (QED) is 0.808. The van der Waals surface area contributed by atoms with Crippen molar-refractivity contribution in [1.29, 1.82) is 0 Å². The van der Waals surface area contributed by atoms with Crippen molar-refractivity contribution in [2.45, 2.75) is 12.8 Å². The largest absolute Gasteiger partial charge is 0.326 e. The maximum absolute atomic E-state index is 11.5. The lowest BCUT2D eigenvalue weighted by atomic mass is 10.2. The van der Waals surface area contributed by atoms with Crippen LogP contribution in [0.3, 0.4) is 0 Å². The van der Waals surface area contributed by atoms with Crippen LogP contribution in [0, 0.1) is 5.92 Å². The van der Waals surface area contributed by atoms with Crippen molar-refractivity contribution in [3.63, 3.8) is 0 Å². The second-order valence-electron chi connectivity index (χ2n) is 4.02. The van der Waals surface area contributed by atoms with Gasteiger partial charge in [-0.2, -0.15) is 0 Å². The smallest absolute Gasteiger partial charge is 0.239 e. The molecule has 0 aliphatic heterocycles. The van der Waals surface area contributed by atoms with Gasteiger partial charge in [0.2, 0.25) is 11.8 Å². The highest BCUT2D eigenvalue weighted by molar-refractivity contribution is 6.29. The van der Waals surface area contributed by atoms with Gasteiger partial charge in [0, 0.05) is 17.3 Å². The standard InChI is InChI=1S/C12H13ClN2O2/c13-7-11(16)14-9-3-5-10(6-4-9)15-12(17)8-1-2-8/h3-6,8H,1-2,7H2,(H,14,16)(H,15,17). The number of hydrogen-bond donors (Lipinski definition) is 2. The van der Waals surface area contributed by atoms with Crippen LogP contribution in [-0.2, 0) is 9.59 Å². The molecule has 90 valence electrons. The van der Waals surface area contributed by atoms with Gasteiger partial charge < -0.3 is 10.6 Å². The lowest BCUT2D eigenvalue weighted by Crippen LogP contribution is -2.14. The van der Waals surface area contributed by atoms with Crippen LogP contribution < -0.4 is 10.6 Å². The summed E-state index contributed by atoms with van der Waals surface area (Å²) in [4.78, 5) is 22.5. The number of rotatable bonds is 4. The van der Waals surface area contributed by atoms with Crippen molar-refractivity contribution in [1.82, 2.24) is 0 Å². The highest BCUT2D eigenvalue weighted by Crippen LogP contribution is 2.30. The fourth-order valence-corrected chi connectivity index (χ4v) is 1.49. The maximum atomic E-state index is 11.5. The number of hydrogen-bond acceptors (Lipinski definition) is 2. The van der Waals surface area contributed by atoms with Crippen molar-refractivity contribution in [3.8, 4) is 0 Å². The Morgan fingerprint density at radius 3 is 2.12 bits per heavy atom. The van der Waals surface area contributed by atoms with Gasteiger partial charge in [0.25, 0.3) is 0 Å². The lowest BCUT2D eigenvalue weighted by Gasteiger charge is -2.06. The van der Waals surface area contributed by atoms with Crippen LogP contribution in [-0.4, -0.2) is 17.7 Å². The third-order valence-electron chi connectivity index (χ3n) is 2.51. The first-order valence-electron chi connectivity index (χ1n) is 5.46. The molecule has 0 atom stereocenters. The Balaban J connectivity index is 1.92. The monoisotopic (exact) mass is 252 g/mol. The van der Waals surface area contributed by atoms with Gasteiger partial charge in [-0.05, 0) is 37.1 Å². The summed E-state index contributed by atoms with van der Waals surface area (Å²) in [6, 6.07) is 6.97. The van der Waals surface area contributed by atoms with Gasteiger partial charge in [0.05, 0.1) is 0 Å². The zero-order chi connectivity index (χ0) is 12.3. The van der Waals surface area contributed by atoms with Crippen molar-refractivity contribution in [3.05, 3.63) is 24.3 Å². The van der Waals surface area contributed by atoms with Crippen LogP contribution in [0.4, 0.5) is 11.4 Å². The summed E-state index contributed by atoms with van der Waals surface area (Å²) in [5, 5.41) is 5.44. The maximum Gasteiger partial charge on any atom is 0.239 e. The number of carbonyl (C=O) groups excluding carboxylic acids is 2. The molecule has 0 spiro atoms. The zero-order valence-corrected chi connectivity index (χ0v) is 9.96. The summed E-state index contributed by atoms with van der Waals surface area (Å²) in [6.45, 7) is 0. The molecular weight excluding hydrogens is 240 g/mol. The summed E-state index contributed by atoms with van der Waals surface area (Å²) in [6.07, 6.45) is 1.96. The topological polar surface area (TPSA) is 58.2 Å². The van der Waals surface area contributed by atoms with E-state index in [1.165, 1.54) is 0 Å². The van der Waals surface area contributed by atoms with Crippen molar-refractivity contribution in [2.24, 2.45) is 5.92 Å². The van der Waals surface area contributed by atoms with E-state index in [4.69, 9.17) is 11.6 Å². The van der Waals surface area contributed by atoms with E-state index in [-0.39, 0.29) is 23.6 Å². The van der Waals surface area contributed by atoms with E-state index in [0.717, 1.165) is 18.5 Å². The molecule has 17 heavy (non-hydrogen) atoms. The van der Waals surface area contributed by atoms with Crippen LogP contribution in [0.1, 0.15) is 12.8 Å². The molecule has 5 heteroatoms. The minimum absolute atomic E-state index is 0.0693. The average molecular weight is 253 g/mol. The minimum atomic E-state index is -0.249. The van der Waals surface area contributed by atoms with Gasteiger partial charge in [-0.25, -0.2) is 0 Å². The molecule has 0 radical (unpaired) electrons. The van der Waals surface area contributed by atoms with E-state index in [0.29, 0.717) is 5.69 Å². The normalized spacial score (nSPS) is 14.2. The van der Waals surface area contributed by atoms with Crippen LogP contribution in [0.5, 0.6) is 0 Å². The third kappa shape index (κ3) is 3.46. The number of nitrogens with one attached hydrogen (secondary N) is 2. The first-order chi connectivity index (χ1) is 8.19. The van der Waals surface area contributed by atoms with Gasteiger partial charge in [0.1, 0.15) is 5.88 Å². The Hall–Kier alpha value is -1.55. The van der Waals surface area contributed by atoms with Crippen molar-refractivity contribution in [2.75, 3.05) is 16.5 Å². The molecule has 0 aromatic heterocycles. The van der Waals surface area contributed by atoms with Crippen LogP contribution in [0.2, 0.25) is 0 Å². The molecule has 1 aromatic rings. The fourth-order valence-electron chi connectivity index (χ4n) is 1.42. The Kier molecular flexibility index (Phi) is 3.64. The van der Waals surface area contributed by atoms with Crippen molar-refractivity contribution >= 4 is 34.8 Å². The third-order valence-corrected chi connectivity index (χ3v) is 2.75. The van der Waals surface area contributed by atoms with E-state index in [9.17, 15) is 9.59 Å². The Morgan fingerprint density at radius 2 is 1.65 bits per heavy atom. The van der Waals surface area contributed by atoms with E-state index >= 15 is 0 Å². The Bertz CT molecular complexity index is 427. The molecule has 2 rings (SSSR count). The summed E-state index contributed by atoms with van der Waals surface area (Å²) in [7, 11) is 0. The highest BCUT2D eigenvalue weighted by Gasteiger charge is 2.29. The molecule has 0 heterocycles. The van der Waals surface area contributed by atoms with E-state index < -0.39 is 0 Å². The molecule has 1 aliphatic carbocycles. The van der Waals surface area contributed by atoms with Gasteiger partial charge >= 0.3 is 0 Å². The predicted molar refractivity (Wildman–Crippen MR) is 67.1 cm³/mol. The summed E-state index contributed by atoms with van der Waals surface area (Å²) < 4.78 is 0. The van der Waals surface area contributed by atoms with Gasteiger partial charge in [-0.15, -0.1) is 11.6 Å². The summed E-state index contributed by atoms with van der Waals surface area (Å²) in [5.41, 5.74) is 1.41. The first kappa shape index (κ1) is 11.9. The number of benzene rings is 1. The second-order valence-corrected chi connectivity index (χ2v) is 4.29.